The third-order valence-electron chi connectivity index (χ3n) is 2.88. The second-order valence-electron chi connectivity index (χ2n) is 4.26. The van der Waals surface area contributed by atoms with Crippen molar-refractivity contribution < 1.29 is 9.90 Å². The van der Waals surface area contributed by atoms with Crippen LogP contribution in [0.25, 0.3) is 5.69 Å². The molecule has 0 aliphatic carbocycles. The maximum Gasteiger partial charge on any atom is 0.360 e. The van der Waals surface area contributed by atoms with E-state index in [-0.39, 0.29) is 0 Å². The maximum absolute atomic E-state index is 11.7. The van der Waals surface area contributed by atoms with Crippen molar-refractivity contribution in [2.75, 3.05) is 0 Å². The predicted molar refractivity (Wildman–Crippen MR) is 70.9 cm³/mol. The molecule has 0 radical (unpaired) electrons. The summed E-state index contributed by atoms with van der Waals surface area (Å²) < 4.78 is 1.43. The van der Waals surface area contributed by atoms with Gasteiger partial charge in [0.25, 0.3) is 0 Å². The van der Waals surface area contributed by atoms with E-state index in [4.69, 9.17) is 5.11 Å². The summed E-state index contributed by atoms with van der Waals surface area (Å²) in [6.07, 6.45) is 2.42. The first-order chi connectivity index (χ1) is 9.02. The van der Waals surface area contributed by atoms with Crippen LogP contribution >= 0.6 is 0 Å². The van der Waals surface area contributed by atoms with E-state index in [1.54, 1.807) is 13.1 Å². The van der Waals surface area contributed by atoms with Gasteiger partial charge in [0.05, 0.1) is 5.69 Å². The summed E-state index contributed by atoms with van der Waals surface area (Å²) in [5, 5.41) is 12.9. The number of hydrogen-bond donors (Lipinski definition) is 1. The Bertz CT molecular complexity index is 689. The van der Waals surface area contributed by atoms with Crippen molar-refractivity contribution in [2.45, 2.75) is 20.3 Å². The summed E-state index contributed by atoms with van der Waals surface area (Å²) >= 11 is 0. The monoisotopic (exact) mass is 258 g/mol. The number of aromatic nitrogens is 2. The molecule has 0 aliphatic heterocycles. The molecule has 0 spiro atoms. The second kappa shape index (κ2) is 5.06. The fourth-order valence-electron chi connectivity index (χ4n) is 1.80. The molecular formula is C14H14N2O3. The molecule has 19 heavy (non-hydrogen) atoms. The van der Waals surface area contributed by atoms with Crippen molar-refractivity contribution in [3.05, 3.63) is 57.5 Å². The van der Waals surface area contributed by atoms with Crippen molar-refractivity contribution in [3.8, 4) is 5.69 Å². The molecule has 0 bridgehead atoms. The fourth-order valence-corrected chi connectivity index (χ4v) is 1.80. The number of rotatable bonds is 3. The molecule has 1 N–H and O–H groups in total. The fraction of sp³-hybridized carbons (Fsp3) is 0.214. The first kappa shape index (κ1) is 13.0. The first-order valence-electron chi connectivity index (χ1n) is 5.96. The van der Waals surface area contributed by atoms with E-state index in [9.17, 15) is 9.59 Å². The van der Waals surface area contributed by atoms with Crippen molar-refractivity contribution >= 4 is 5.97 Å². The largest absolute Gasteiger partial charge is 0.476 e. The molecule has 0 fully saturated rings. The third kappa shape index (κ3) is 2.54. The lowest BCUT2D eigenvalue weighted by molar-refractivity contribution is 0.0686. The number of carbonyl (C=O) groups is 1. The SMILES string of the molecule is CCc1cccc(-n2cc(C)c(=O)c(C(=O)O)n2)c1. The lowest BCUT2D eigenvalue weighted by Gasteiger charge is -2.08. The summed E-state index contributed by atoms with van der Waals surface area (Å²) in [6, 6.07) is 7.60. The highest BCUT2D eigenvalue weighted by Gasteiger charge is 2.14. The van der Waals surface area contributed by atoms with Crippen LogP contribution in [0.4, 0.5) is 0 Å². The van der Waals surface area contributed by atoms with E-state index in [0.717, 1.165) is 17.7 Å². The summed E-state index contributed by atoms with van der Waals surface area (Å²) in [6.45, 7) is 3.61. The van der Waals surface area contributed by atoms with Gasteiger partial charge in [0.2, 0.25) is 11.1 Å². The van der Waals surface area contributed by atoms with Gasteiger partial charge in [0.15, 0.2) is 0 Å². The molecule has 2 aromatic rings. The average Bonchev–Trinajstić information content (AvgIpc) is 2.41. The molecule has 0 atom stereocenters. The third-order valence-corrected chi connectivity index (χ3v) is 2.88. The van der Waals surface area contributed by atoms with E-state index in [2.05, 4.69) is 5.10 Å². The molecule has 98 valence electrons. The van der Waals surface area contributed by atoms with Gasteiger partial charge < -0.3 is 5.11 Å². The Kier molecular flexibility index (Phi) is 3.46. The van der Waals surface area contributed by atoms with Gasteiger partial charge in [-0.15, -0.1) is 0 Å². The second-order valence-corrected chi connectivity index (χ2v) is 4.26. The van der Waals surface area contributed by atoms with E-state index >= 15 is 0 Å². The Morgan fingerprint density at radius 3 is 2.79 bits per heavy atom. The minimum atomic E-state index is -1.31. The van der Waals surface area contributed by atoms with Crippen molar-refractivity contribution in [3.63, 3.8) is 0 Å². The number of aromatic carboxylic acids is 1. The van der Waals surface area contributed by atoms with Gasteiger partial charge in [-0.25, -0.2) is 9.48 Å². The van der Waals surface area contributed by atoms with Gasteiger partial charge >= 0.3 is 5.97 Å². The number of hydrogen-bond acceptors (Lipinski definition) is 3. The molecule has 1 aromatic carbocycles. The van der Waals surface area contributed by atoms with Crippen molar-refractivity contribution in [1.29, 1.82) is 0 Å². The first-order valence-corrected chi connectivity index (χ1v) is 5.96. The number of nitrogens with zero attached hydrogens (tertiary/aromatic N) is 2. The zero-order valence-corrected chi connectivity index (χ0v) is 10.8. The van der Waals surface area contributed by atoms with E-state index in [0.29, 0.717) is 5.56 Å². The van der Waals surface area contributed by atoms with E-state index in [1.165, 1.54) is 4.68 Å². The molecule has 0 unspecified atom stereocenters. The molecular weight excluding hydrogens is 244 g/mol. The molecule has 5 nitrogen and oxygen atoms in total. The lowest BCUT2D eigenvalue weighted by atomic mass is 10.1. The minimum absolute atomic E-state index is 0.356. The highest BCUT2D eigenvalue weighted by Crippen LogP contribution is 2.10. The molecule has 0 aliphatic rings. The zero-order valence-electron chi connectivity index (χ0n) is 10.8. The summed E-state index contributed by atoms with van der Waals surface area (Å²) in [7, 11) is 0. The molecule has 1 heterocycles. The topological polar surface area (TPSA) is 72.2 Å². The zero-order chi connectivity index (χ0) is 14.0. The Labute approximate surface area is 110 Å². The summed E-state index contributed by atoms with van der Waals surface area (Å²) in [5.74, 6) is -1.31. The van der Waals surface area contributed by atoms with Gasteiger partial charge in [0.1, 0.15) is 0 Å². The van der Waals surface area contributed by atoms with Crippen molar-refractivity contribution in [2.24, 2.45) is 0 Å². The average molecular weight is 258 g/mol. The van der Waals surface area contributed by atoms with Crippen LogP contribution < -0.4 is 5.43 Å². The van der Waals surface area contributed by atoms with Gasteiger partial charge in [-0.05, 0) is 31.0 Å². The molecule has 1 aromatic heterocycles. The van der Waals surface area contributed by atoms with Crippen LogP contribution in [-0.2, 0) is 6.42 Å². The Morgan fingerprint density at radius 2 is 2.16 bits per heavy atom. The Hall–Kier alpha value is -2.43. The number of carboxylic acid groups (broad SMARTS) is 1. The van der Waals surface area contributed by atoms with Crippen LogP contribution in [0.1, 0.15) is 28.5 Å². The Balaban J connectivity index is 2.62. The van der Waals surface area contributed by atoms with Crippen LogP contribution in [0.3, 0.4) is 0 Å². The van der Waals surface area contributed by atoms with Gasteiger partial charge in [-0.2, -0.15) is 5.10 Å². The number of carboxylic acids is 1. The molecule has 0 saturated carbocycles. The standard InChI is InChI=1S/C14H14N2O3/c1-3-10-5-4-6-11(7-10)16-8-9(2)13(17)12(15-16)14(18)19/h4-8H,3H2,1-2H3,(H,18,19). The summed E-state index contributed by atoms with van der Waals surface area (Å²) in [5.41, 5.74) is 1.21. The van der Waals surface area contributed by atoms with Crippen LogP contribution in [0.5, 0.6) is 0 Å². The normalized spacial score (nSPS) is 10.4. The molecule has 2 rings (SSSR count). The van der Waals surface area contributed by atoms with E-state index in [1.807, 2.05) is 31.2 Å². The Morgan fingerprint density at radius 1 is 1.42 bits per heavy atom. The molecule has 0 amide bonds. The van der Waals surface area contributed by atoms with Crippen LogP contribution in [0.15, 0.2) is 35.3 Å². The van der Waals surface area contributed by atoms with Crippen molar-refractivity contribution in [1.82, 2.24) is 9.78 Å². The van der Waals surface area contributed by atoms with Gasteiger partial charge in [-0.1, -0.05) is 19.1 Å². The van der Waals surface area contributed by atoms with E-state index < -0.39 is 17.1 Å². The minimum Gasteiger partial charge on any atom is -0.476 e. The molecule has 0 saturated heterocycles. The van der Waals surface area contributed by atoms with Gasteiger partial charge in [-0.3, -0.25) is 4.79 Å². The van der Waals surface area contributed by atoms with Crippen LogP contribution in [0.2, 0.25) is 0 Å². The predicted octanol–water partition coefficient (Wildman–Crippen LogP) is 1.80. The van der Waals surface area contributed by atoms with Crippen LogP contribution in [0, 0.1) is 6.92 Å². The highest BCUT2D eigenvalue weighted by atomic mass is 16.4. The number of aryl methyl sites for hydroxylation is 2. The quantitative estimate of drug-likeness (QED) is 0.911. The van der Waals surface area contributed by atoms with Crippen LogP contribution in [-0.4, -0.2) is 20.9 Å². The lowest BCUT2D eigenvalue weighted by Crippen LogP contribution is -2.23. The smallest absolute Gasteiger partial charge is 0.360 e. The maximum atomic E-state index is 11.7. The number of benzene rings is 1. The highest BCUT2D eigenvalue weighted by molar-refractivity contribution is 5.85. The summed E-state index contributed by atoms with van der Waals surface area (Å²) in [4.78, 5) is 22.7. The molecule has 5 heteroatoms. The van der Waals surface area contributed by atoms with Gasteiger partial charge in [0, 0.05) is 11.8 Å².